The van der Waals surface area contributed by atoms with Gasteiger partial charge in [0.25, 0.3) is 0 Å². The third kappa shape index (κ3) is 8.58. The van der Waals surface area contributed by atoms with Crippen LogP contribution >= 0.6 is 0 Å². The fraction of sp³-hybridized carbons (Fsp3) is 0.680. The summed E-state index contributed by atoms with van der Waals surface area (Å²) in [6, 6.07) is 7.38. The van der Waals surface area contributed by atoms with Gasteiger partial charge in [0.2, 0.25) is 0 Å². The quantitative estimate of drug-likeness (QED) is 0.255. The zero-order valence-corrected chi connectivity index (χ0v) is 18.8. The van der Waals surface area contributed by atoms with Crippen LogP contribution in [0.1, 0.15) is 109 Å². The van der Waals surface area contributed by atoms with E-state index in [1.807, 2.05) is 38.1 Å². The topological polar surface area (TPSA) is 46.2 Å². The number of hydrogen-bond acceptors (Lipinski definition) is 3. The highest BCUT2D eigenvalue weighted by Crippen LogP contribution is 2.25. The zero-order chi connectivity index (χ0) is 21.0. The van der Waals surface area contributed by atoms with Crippen LogP contribution in [-0.2, 0) is 4.79 Å². The van der Waals surface area contributed by atoms with Crippen molar-refractivity contribution >= 4 is 17.3 Å². The van der Waals surface area contributed by atoms with Gasteiger partial charge in [-0.25, -0.2) is 0 Å². The molecule has 158 valence electrons. The minimum Gasteiger partial charge on any atom is -0.373 e. The van der Waals surface area contributed by atoms with Gasteiger partial charge in [0, 0.05) is 17.2 Å². The molecule has 1 aromatic rings. The van der Waals surface area contributed by atoms with Gasteiger partial charge in [-0.2, -0.15) is 0 Å². The second-order valence-electron chi connectivity index (χ2n) is 8.62. The average Bonchev–Trinajstić information content (AvgIpc) is 2.66. The fourth-order valence-corrected chi connectivity index (χ4v) is 3.77. The summed E-state index contributed by atoms with van der Waals surface area (Å²) in [7, 11) is 0. The Labute approximate surface area is 172 Å². The standard InChI is InChI=1S/C25H41NO2/c1-6-8-9-10-11-12-13-14-15-21(7-2)24(28)25(4,5)26-23-18-16-22(17-19-23)20(3)27/h16-19,21,26H,6-15H2,1-5H3. The number of rotatable bonds is 15. The van der Waals surface area contributed by atoms with Gasteiger partial charge in [0.1, 0.15) is 0 Å². The van der Waals surface area contributed by atoms with E-state index in [1.54, 1.807) is 6.92 Å². The Hall–Kier alpha value is -1.64. The molecule has 1 aromatic carbocycles. The number of benzene rings is 1. The minimum atomic E-state index is -0.613. The third-order valence-electron chi connectivity index (χ3n) is 5.63. The largest absolute Gasteiger partial charge is 0.373 e. The number of Topliss-reactive ketones (excluding diaryl/α,β-unsaturated/α-hetero) is 2. The van der Waals surface area contributed by atoms with Crippen LogP contribution in [0.25, 0.3) is 0 Å². The van der Waals surface area contributed by atoms with Gasteiger partial charge in [-0.1, -0.05) is 65.2 Å². The lowest BCUT2D eigenvalue weighted by molar-refractivity contribution is -0.126. The van der Waals surface area contributed by atoms with Gasteiger partial charge >= 0.3 is 0 Å². The van der Waals surface area contributed by atoms with Crippen LogP contribution in [0.5, 0.6) is 0 Å². The Morgan fingerprint density at radius 2 is 1.43 bits per heavy atom. The number of nitrogens with one attached hydrogen (secondary N) is 1. The van der Waals surface area contributed by atoms with Crippen LogP contribution in [0.4, 0.5) is 5.69 Å². The lowest BCUT2D eigenvalue weighted by atomic mass is 9.83. The van der Waals surface area contributed by atoms with Crippen molar-refractivity contribution in [2.75, 3.05) is 5.32 Å². The van der Waals surface area contributed by atoms with Crippen molar-refractivity contribution in [3.8, 4) is 0 Å². The van der Waals surface area contributed by atoms with Crippen LogP contribution in [-0.4, -0.2) is 17.1 Å². The Morgan fingerprint density at radius 3 is 1.93 bits per heavy atom. The maximum Gasteiger partial charge on any atom is 0.160 e. The molecule has 3 heteroatoms. The van der Waals surface area contributed by atoms with E-state index in [-0.39, 0.29) is 17.5 Å². The molecule has 0 aliphatic carbocycles. The molecule has 0 aliphatic heterocycles. The second kappa shape index (κ2) is 12.7. The molecule has 1 rings (SSSR count). The molecule has 0 saturated heterocycles. The van der Waals surface area contributed by atoms with Gasteiger partial charge in [0.05, 0.1) is 5.54 Å². The molecule has 3 nitrogen and oxygen atoms in total. The Kier molecular flexibility index (Phi) is 11.1. The highest BCUT2D eigenvalue weighted by molar-refractivity contribution is 5.95. The molecule has 28 heavy (non-hydrogen) atoms. The Bertz CT molecular complexity index is 589. The molecule has 1 atom stereocenters. The van der Waals surface area contributed by atoms with Crippen LogP contribution in [0.2, 0.25) is 0 Å². The monoisotopic (exact) mass is 387 g/mol. The zero-order valence-electron chi connectivity index (χ0n) is 18.8. The van der Waals surface area contributed by atoms with E-state index in [0.29, 0.717) is 5.56 Å². The van der Waals surface area contributed by atoms with Gasteiger partial charge in [-0.15, -0.1) is 0 Å². The van der Waals surface area contributed by atoms with Crippen molar-refractivity contribution in [3.63, 3.8) is 0 Å². The molecular formula is C25H41NO2. The first kappa shape index (κ1) is 24.4. The first-order valence-electron chi connectivity index (χ1n) is 11.2. The highest BCUT2D eigenvalue weighted by Gasteiger charge is 2.32. The molecule has 0 aromatic heterocycles. The molecule has 0 spiro atoms. The van der Waals surface area contributed by atoms with Gasteiger partial charge in [0.15, 0.2) is 11.6 Å². The van der Waals surface area contributed by atoms with E-state index < -0.39 is 5.54 Å². The number of carbonyl (C=O) groups is 2. The SMILES string of the molecule is CCCCCCCCCCC(CC)C(=O)C(C)(C)Nc1ccc(C(C)=O)cc1. The third-order valence-corrected chi connectivity index (χ3v) is 5.63. The summed E-state index contributed by atoms with van der Waals surface area (Å²) in [6.07, 6.45) is 12.2. The van der Waals surface area contributed by atoms with E-state index in [9.17, 15) is 9.59 Å². The van der Waals surface area contributed by atoms with Crippen LogP contribution in [0, 0.1) is 5.92 Å². The molecule has 0 amide bonds. The van der Waals surface area contributed by atoms with Crippen molar-refractivity contribution in [2.24, 2.45) is 5.92 Å². The van der Waals surface area contributed by atoms with Gasteiger partial charge in [-0.05, 0) is 57.9 Å². The molecule has 0 radical (unpaired) electrons. The maximum atomic E-state index is 13.1. The van der Waals surface area contributed by atoms with Crippen LogP contribution in [0.15, 0.2) is 24.3 Å². The molecular weight excluding hydrogens is 346 g/mol. The van der Waals surface area contributed by atoms with Crippen LogP contribution < -0.4 is 5.32 Å². The lowest BCUT2D eigenvalue weighted by Crippen LogP contribution is -2.44. The fourth-order valence-electron chi connectivity index (χ4n) is 3.77. The molecule has 0 bridgehead atoms. The van der Waals surface area contributed by atoms with Crippen molar-refractivity contribution in [1.29, 1.82) is 0 Å². The number of carbonyl (C=O) groups excluding carboxylic acids is 2. The number of ketones is 2. The lowest BCUT2D eigenvalue weighted by Gasteiger charge is -2.30. The summed E-state index contributed by atoms with van der Waals surface area (Å²) in [6.45, 7) is 9.85. The molecule has 1 unspecified atom stereocenters. The van der Waals surface area contributed by atoms with Gasteiger partial charge < -0.3 is 5.32 Å². The van der Waals surface area contributed by atoms with E-state index in [4.69, 9.17) is 0 Å². The maximum absolute atomic E-state index is 13.1. The van der Waals surface area contributed by atoms with Crippen molar-refractivity contribution in [2.45, 2.75) is 104 Å². The van der Waals surface area contributed by atoms with E-state index in [2.05, 4.69) is 19.2 Å². The summed E-state index contributed by atoms with van der Waals surface area (Å²) in [4.78, 5) is 24.5. The van der Waals surface area contributed by atoms with E-state index in [0.717, 1.165) is 24.9 Å². The molecule has 0 heterocycles. The first-order chi connectivity index (χ1) is 13.3. The predicted molar refractivity (Wildman–Crippen MR) is 120 cm³/mol. The van der Waals surface area contributed by atoms with Crippen molar-refractivity contribution in [3.05, 3.63) is 29.8 Å². The average molecular weight is 388 g/mol. The summed E-state index contributed by atoms with van der Waals surface area (Å²) in [5.41, 5.74) is 0.958. The van der Waals surface area contributed by atoms with E-state index in [1.165, 1.54) is 44.9 Å². The highest BCUT2D eigenvalue weighted by atomic mass is 16.1. The number of anilines is 1. The van der Waals surface area contributed by atoms with Gasteiger partial charge in [-0.3, -0.25) is 9.59 Å². The Balaban J connectivity index is 2.47. The van der Waals surface area contributed by atoms with E-state index >= 15 is 0 Å². The Morgan fingerprint density at radius 1 is 0.893 bits per heavy atom. The summed E-state index contributed by atoms with van der Waals surface area (Å²) >= 11 is 0. The first-order valence-corrected chi connectivity index (χ1v) is 11.2. The summed E-state index contributed by atoms with van der Waals surface area (Å²) < 4.78 is 0. The molecule has 0 aliphatic rings. The van der Waals surface area contributed by atoms with Crippen LogP contribution in [0.3, 0.4) is 0 Å². The smallest absolute Gasteiger partial charge is 0.160 e. The molecule has 1 N–H and O–H groups in total. The van der Waals surface area contributed by atoms with Crippen molar-refractivity contribution < 1.29 is 9.59 Å². The molecule has 0 fully saturated rings. The molecule has 0 saturated carbocycles. The second-order valence-corrected chi connectivity index (χ2v) is 8.62. The summed E-state index contributed by atoms with van der Waals surface area (Å²) in [5, 5.41) is 3.37. The predicted octanol–water partition coefficient (Wildman–Crippen LogP) is 7.21. The number of unbranched alkanes of at least 4 members (excludes halogenated alkanes) is 7. The summed E-state index contributed by atoms with van der Waals surface area (Å²) in [5.74, 6) is 0.450. The van der Waals surface area contributed by atoms with Crippen molar-refractivity contribution in [1.82, 2.24) is 0 Å². The number of hydrogen-bond donors (Lipinski definition) is 1. The normalized spacial score (nSPS) is 12.6. The minimum absolute atomic E-state index is 0.0540.